The van der Waals surface area contributed by atoms with Crippen LogP contribution < -0.4 is 34.7 Å². The van der Waals surface area contributed by atoms with Gasteiger partial charge in [-0.3, -0.25) is 9.59 Å². The van der Waals surface area contributed by atoms with Crippen LogP contribution in [0.4, 0.5) is 0 Å². The first kappa shape index (κ1) is 23.0. The second-order valence-corrected chi connectivity index (χ2v) is 3.11. The summed E-state index contributed by atoms with van der Waals surface area (Å²) in [5, 5.41) is 8.93. The van der Waals surface area contributed by atoms with Crippen molar-refractivity contribution in [2.75, 3.05) is 19.8 Å². The van der Waals surface area contributed by atoms with Crippen molar-refractivity contribution in [1.29, 1.82) is 0 Å². The van der Waals surface area contributed by atoms with E-state index in [4.69, 9.17) is 14.6 Å². The van der Waals surface area contributed by atoms with Gasteiger partial charge in [-0.2, -0.15) is 0 Å². The third-order valence-corrected chi connectivity index (χ3v) is 1.62. The SMILES string of the molecule is CCOC(=O)CCCCC(=O)OCC.CC[O-].[Na+]. The molecule has 0 rings (SSSR count). The molecule has 0 spiro atoms. The first-order valence-electron chi connectivity index (χ1n) is 6.01. The molecule has 0 heterocycles. The number of hydrogen-bond acceptors (Lipinski definition) is 5. The van der Waals surface area contributed by atoms with Crippen LogP contribution >= 0.6 is 0 Å². The fourth-order valence-corrected chi connectivity index (χ4v) is 1.00. The van der Waals surface area contributed by atoms with Gasteiger partial charge < -0.3 is 14.6 Å². The molecule has 0 aliphatic carbocycles. The molecule has 0 unspecified atom stereocenters. The van der Waals surface area contributed by atoms with Crippen molar-refractivity contribution in [2.45, 2.75) is 46.5 Å². The number of unbranched alkanes of at least 4 members (excludes halogenated alkanes) is 1. The van der Waals surface area contributed by atoms with Crippen LogP contribution in [0.25, 0.3) is 0 Å². The van der Waals surface area contributed by atoms with Crippen LogP contribution in [0.2, 0.25) is 0 Å². The average molecular weight is 270 g/mol. The van der Waals surface area contributed by atoms with Gasteiger partial charge in [-0.25, -0.2) is 0 Å². The topological polar surface area (TPSA) is 75.7 Å². The summed E-state index contributed by atoms with van der Waals surface area (Å²) in [6.45, 7) is 5.94. The largest absolute Gasteiger partial charge is 1.00 e. The molecular weight excluding hydrogens is 247 g/mol. The first-order valence-corrected chi connectivity index (χ1v) is 6.01. The molecule has 0 N–H and O–H groups in total. The predicted molar refractivity (Wildman–Crippen MR) is 62.3 cm³/mol. The molecular formula is C12H23NaO5. The number of hydrogen-bond donors (Lipinski definition) is 0. The average Bonchev–Trinajstić information content (AvgIpc) is 2.26. The summed E-state index contributed by atoms with van der Waals surface area (Å²) < 4.78 is 9.48. The minimum Gasteiger partial charge on any atom is -0.855 e. The van der Waals surface area contributed by atoms with Crippen molar-refractivity contribution in [3.63, 3.8) is 0 Å². The zero-order valence-electron chi connectivity index (χ0n) is 12.0. The molecule has 18 heavy (non-hydrogen) atoms. The predicted octanol–water partition coefficient (Wildman–Crippen LogP) is -1.96. The maximum atomic E-state index is 10.9. The second kappa shape index (κ2) is 19.2. The van der Waals surface area contributed by atoms with Gasteiger partial charge in [0.25, 0.3) is 0 Å². The molecule has 0 radical (unpaired) electrons. The number of ether oxygens (including phenoxy) is 2. The van der Waals surface area contributed by atoms with Crippen LogP contribution in [0.5, 0.6) is 0 Å². The summed E-state index contributed by atoms with van der Waals surface area (Å²) in [5.41, 5.74) is 0. The van der Waals surface area contributed by atoms with E-state index < -0.39 is 0 Å². The monoisotopic (exact) mass is 270 g/mol. The van der Waals surface area contributed by atoms with E-state index in [1.165, 1.54) is 0 Å². The number of rotatable bonds is 7. The summed E-state index contributed by atoms with van der Waals surface area (Å²) in [7, 11) is 0. The molecule has 5 nitrogen and oxygen atoms in total. The Hall–Kier alpha value is -0.100. The Kier molecular flexibility index (Phi) is 24.6. The molecule has 0 aliphatic rings. The van der Waals surface area contributed by atoms with Crippen LogP contribution in [0, 0.1) is 0 Å². The molecule has 0 atom stereocenters. The molecule has 0 amide bonds. The summed E-state index contributed by atoms with van der Waals surface area (Å²) in [4.78, 5) is 21.8. The Labute approximate surface area is 132 Å². The third-order valence-electron chi connectivity index (χ3n) is 1.62. The Bertz CT molecular complexity index is 177. The van der Waals surface area contributed by atoms with Crippen LogP contribution in [0.3, 0.4) is 0 Å². The standard InChI is InChI=1S/C10H18O4.C2H5O.Na/c1-3-13-9(11)7-5-6-8-10(12)14-4-2;1-2-3;/h3-8H2,1-2H3;2H2,1H3;/q;-1;+1. The maximum absolute atomic E-state index is 10.9. The van der Waals surface area contributed by atoms with Crippen LogP contribution in [-0.2, 0) is 19.1 Å². The molecule has 0 aromatic heterocycles. The van der Waals surface area contributed by atoms with Crippen LogP contribution in [0.15, 0.2) is 0 Å². The molecule has 0 aromatic carbocycles. The zero-order valence-corrected chi connectivity index (χ0v) is 14.0. The van der Waals surface area contributed by atoms with E-state index in [1.54, 1.807) is 20.8 Å². The summed E-state index contributed by atoms with van der Waals surface area (Å²) >= 11 is 0. The van der Waals surface area contributed by atoms with E-state index in [9.17, 15) is 9.59 Å². The van der Waals surface area contributed by atoms with Gasteiger partial charge in [0.1, 0.15) is 0 Å². The molecule has 6 heteroatoms. The van der Waals surface area contributed by atoms with Crippen molar-refractivity contribution in [3.05, 3.63) is 0 Å². The van der Waals surface area contributed by atoms with Gasteiger partial charge in [-0.15, -0.1) is 6.61 Å². The van der Waals surface area contributed by atoms with E-state index in [2.05, 4.69) is 0 Å². The number of esters is 2. The summed E-state index contributed by atoms with van der Waals surface area (Å²) in [6, 6.07) is 0. The Morgan fingerprint density at radius 1 is 0.889 bits per heavy atom. The molecule has 0 fully saturated rings. The molecule has 0 aromatic rings. The van der Waals surface area contributed by atoms with Crippen molar-refractivity contribution >= 4 is 11.9 Å². The third kappa shape index (κ3) is 21.2. The van der Waals surface area contributed by atoms with Crippen LogP contribution in [-0.4, -0.2) is 31.8 Å². The van der Waals surface area contributed by atoms with Gasteiger partial charge in [-0.05, 0) is 26.7 Å². The van der Waals surface area contributed by atoms with E-state index in [0.717, 1.165) is 0 Å². The fraction of sp³-hybridized carbons (Fsp3) is 0.833. The minimum atomic E-state index is -0.198. The van der Waals surface area contributed by atoms with Gasteiger partial charge >= 0.3 is 41.5 Å². The summed E-state index contributed by atoms with van der Waals surface area (Å²) in [5.74, 6) is -0.396. The molecule has 0 bridgehead atoms. The Morgan fingerprint density at radius 3 is 1.39 bits per heavy atom. The van der Waals surface area contributed by atoms with Crippen molar-refractivity contribution < 1.29 is 53.7 Å². The molecule has 0 aliphatic heterocycles. The van der Waals surface area contributed by atoms with Gasteiger partial charge in [-0.1, -0.05) is 6.92 Å². The normalized spacial score (nSPS) is 8.44. The maximum Gasteiger partial charge on any atom is 1.00 e. The minimum absolute atomic E-state index is 0. The van der Waals surface area contributed by atoms with Crippen molar-refractivity contribution in [3.8, 4) is 0 Å². The molecule has 0 saturated carbocycles. The number of carbonyl (C=O) groups is 2. The second-order valence-electron chi connectivity index (χ2n) is 3.11. The molecule has 0 saturated heterocycles. The summed E-state index contributed by atoms with van der Waals surface area (Å²) in [6.07, 6.45) is 2.12. The molecule has 102 valence electrons. The van der Waals surface area contributed by atoms with Gasteiger partial charge in [0.2, 0.25) is 0 Å². The van der Waals surface area contributed by atoms with Crippen LogP contribution in [0.1, 0.15) is 46.5 Å². The van der Waals surface area contributed by atoms with Crippen molar-refractivity contribution in [1.82, 2.24) is 0 Å². The Morgan fingerprint density at radius 2 is 1.17 bits per heavy atom. The quantitative estimate of drug-likeness (QED) is 0.305. The smallest absolute Gasteiger partial charge is 0.855 e. The van der Waals surface area contributed by atoms with E-state index in [0.29, 0.717) is 38.9 Å². The van der Waals surface area contributed by atoms with Gasteiger partial charge in [0, 0.05) is 12.8 Å². The fourth-order valence-electron chi connectivity index (χ4n) is 1.00. The number of carbonyl (C=O) groups excluding carboxylic acids is 2. The van der Waals surface area contributed by atoms with Gasteiger partial charge in [0.15, 0.2) is 0 Å². The van der Waals surface area contributed by atoms with E-state index in [-0.39, 0.29) is 48.1 Å². The zero-order chi connectivity index (χ0) is 13.5. The Balaban J connectivity index is -0.000000507. The van der Waals surface area contributed by atoms with E-state index in [1.807, 2.05) is 0 Å². The van der Waals surface area contributed by atoms with Crippen molar-refractivity contribution in [2.24, 2.45) is 0 Å². The first-order chi connectivity index (χ1) is 8.12. The van der Waals surface area contributed by atoms with E-state index >= 15 is 0 Å². The van der Waals surface area contributed by atoms with Gasteiger partial charge in [0.05, 0.1) is 13.2 Å².